The molecule has 11 heteroatoms. The average Bonchev–Trinajstić information content (AvgIpc) is 3.24. The third kappa shape index (κ3) is 6.42. The molecular formula is C41H52ClN3O7. The Balaban J connectivity index is 1.15. The van der Waals surface area contributed by atoms with Gasteiger partial charge in [-0.15, -0.1) is 0 Å². The molecule has 52 heavy (non-hydrogen) atoms. The van der Waals surface area contributed by atoms with Crippen molar-refractivity contribution in [3.8, 4) is 5.75 Å². The van der Waals surface area contributed by atoms with Crippen LogP contribution in [0.3, 0.4) is 0 Å². The van der Waals surface area contributed by atoms with Crippen molar-refractivity contribution in [2.45, 2.75) is 74.0 Å². The third-order valence-corrected chi connectivity index (χ3v) is 13.3. The monoisotopic (exact) mass is 733 g/mol. The summed E-state index contributed by atoms with van der Waals surface area (Å²) in [6.45, 7) is 6.74. The molecule has 10 nitrogen and oxygen atoms in total. The number of ether oxygens (including phenoxy) is 4. The van der Waals surface area contributed by atoms with Gasteiger partial charge in [0.1, 0.15) is 5.75 Å². The Kier molecular flexibility index (Phi) is 9.83. The summed E-state index contributed by atoms with van der Waals surface area (Å²) in [5.74, 6) is 0.186. The molecule has 4 heterocycles. The molecule has 0 radical (unpaired) electrons. The lowest BCUT2D eigenvalue weighted by Gasteiger charge is -2.57. The van der Waals surface area contributed by atoms with Gasteiger partial charge in [0.2, 0.25) is 5.91 Å². The van der Waals surface area contributed by atoms with Crippen LogP contribution in [-0.2, 0) is 41.2 Å². The first-order valence-corrected chi connectivity index (χ1v) is 19.5. The SMILES string of the molecule is COC(=O)[C@@]1(O)CC(=O)N(C)CC/C=C/[C@H](OCCN2CCC23COC3)[C@@H]2CC[C@H]2CN2C[C@@]3(CCCc4cc(Cl)ccc43)COc3ccc1cc32. The minimum atomic E-state index is -2.16. The topological polar surface area (TPSA) is 101 Å². The number of hydrogen-bond donors (Lipinski definition) is 1. The van der Waals surface area contributed by atoms with E-state index in [9.17, 15) is 14.7 Å². The van der Waals surface area contributed by atoms with Crippen LogP contribution in [0.5, 0.6) is 5.75 Å². The van der Waals surface area contributed by atoms with Gasteiger partial charge in [0, 0.05) is 50.2 Å². The van der Waals surface area contributed by atoms with E-state index in [1.807, 2.05) is 18.2 Å². The molecule has 1 amide bonds. The van der Waals surface area contributed by atoms with Crippen molar-refractivity contribution in [2.75, 3.05) is 78.2 Å². The van der Waals surface area contributed by atoms with E-state index in [4.69, 9.17) is 30.5 Å². The van der Waals surface area contributed by atoms with E-state index in [0.717, 1.165) is 75.7 Å². The lowest BCUT2D eigenvalue weighted by atomic mass is 9.68. The summed E-state index contributed by atoms with van der Waals surface area (Å²) in [5, 5.41) is 12.8. The minimum absolute atomic E-state index is 0.0347. The van der Waals surface area contributed by atoms with Gasteiger partial charge in [0.05, 0.1) is 57.3 Å². The van der Waals surface area contributed by atoms with Crippen LogP contribution in [0.1, 0.15) is 61.6 Å². The van der Waals surface area contributed by atoms with E-state index < -0.39 is 18.0 Å². The summed E-state index contributed by atoms with van der Waals surface area (Å²) in [5.41, 5.74) is 1.47. The van der Waals surface area contributed by atoms with E-state index in [1.165, 1.54) is 24.7 Å². The van der Waals surface area contributed by atoms with Crippen LogP contribution in [0, 0.1) is 11.8 Å². The highest BCUT2D eigenvalue weighted by Crippen LogP contribution is 2.48. The number of benzene rings is 2. The first-order valence-electron chi connectivity index (χ1n) is 19.1. The Hall–Kier alpha value is -3.15. The van der Waals surface area contributed by atoms with Gasteiger partial charge in [-0.3, -0.25) is 9.69 Å². The summed E-state index contributed by atoms with van der Waals surface area (Å²) in [4.78, 5) is 33.4. The number of carbonyl (C=O) groups is 2. The highest BCUT2D eigenvalue weighted by molar-refractivity contribution is 6.30. The normalized spacial score (nSPS) is 32.0. The zero-order valence-corrected chi connectivity index (χ0v) is 31.2. The Labute approximate surface area is 312 Å². The number of methoxy groups -OCH3 is 1. The van der Waals surface area contributed by atoms with Gasteiger partial charge in [0.15, 0.2) is 5.60 Å². The second kappa shape index (κ2) is 14.3. The quantitative estimate of drug-likeness (QED) is 0.341. The highest BCUT2D eigenvalue weighted by atomic mass is 35.5. The predicted molar refractivity (Wildman–Crippen MR) is 198 cm³/mol. The van der Waals surface area contributed by atoms with Crippen LogP contribution in [0.4, 0.5) is 5.69 Å². The number of aryl methyl sites for hydroxylation is 1. The highest BCUT2D eigenvalue weighted by Gasteiger charge is 2.51. The molecule has 8 rings (SSSR count). The standard InChI is InChI=1S/C41H52ClN3O7/c1-43-16-4-3-7-35(51-19-18-45-17-15-40(45)26-50-27-40)32-11-8-29(32)23-44-24-39(14-5-6-28-20-31(42)10-12-33(28)39)25-52-36-13-9-30(21-34(36)44)41(48,22-37(43)46)38(47)49-2/h3,7,9-10,12-13,20-21,29,32,35,48H,4-6,8,11,14-19,22-27H2,1-2H3/b7-3+/t29-,32+,35-,39-,41+/m0/s1. The van der Waals surface area contributed by atoms with Crippen molar-refractivity contribution in [1.82, 2.24) is 9.80 Å². The van der Waals surface area contributed by atoms with Crippen LogP contribution in [0.15, 0.2) is 48.6 Å². The van der Waals surface area contributed by atoms with Crippen molar-refractivity contribution < 1.29 is 33.6 Å². The molecule has 2 aromatic carbocycles. The maximum atomic E-state index is 13.6. The Morgan fingerprint density at radius 3 is 2.69 bits per heavy atom. The molecule has 0 unspecified atom stereocenters. The zero-order chi connectivity index (χ0) is 36.1. The Morgan fingerprint density at radius 1 is 1.10 bits per heavy atom. The fraction of sp³-hybridized carbons (Fsp3) is 0.610. The van der Waals surface area contributed by atoms with Gasteiger partial charge < -0.3 is 33.9 Å². The van der Waals surface area contributed by atoms with Gasteiger partial charge in [-0.25, -0.2) is 4.79 Å². The number of nitrogens with zero attached hydrogens (tertiary/aromatic N) is 3. The summed E-state index contributed by atoms with van der Waals surface area (Å²) in [7, 11) is 2.95. The fourth-order valence-electron chi connectivity index (χ4n) is 9.57. The Bertz CT molecular complexity index is 1710. The molecule has 1 saturated carbocycles. The fourth-order valence-corrected chi connectivity index (χ4v) is 9.76. The maximum Gasteiger partial charge on any atom is 0.343 e. The van der Waals surface area contributed by atoms with Gasteiger partial charge in [0.25, 0.3) is 0 Å². The lowest BCUT2D eigenvalue weighted by molar-refractivity contribution is -0.197. The summed E-state index contributed by atoms with van der Waals surface area (Å²) < 4.78 is 24.1. The molecular weight excluding hydrogens is 682 g/mol. The zero-order valence-electron chi connectivity index (χ0n) is 30.5. The molecule has 3 fully saturated rings. The number of amides is 1. The number of esters is 1. The number of likely N-dealkylation sites (tertiary alicyclic amines) is 1. The molecule has 0 aromatic heterocycles. The second-order valence-electron chi connectivity index (χ2n) is 16.1. The second-order valence-corrected chi connectivity index (χ2v) is 16.6. The van der Waals surface area contributed by atoms with Gasteiger partial charge in [-0.1, -0.05) is 35.9 Å². The number of anilines is 1. The molecule has 2 aliphatic carbocycles. The van der Waals surface area contributed by atoms with Crippen molar-refractivity contribution >= 4 is 29.2 Å². The van der Waals surface area contributed by atoms with Crippen LogP contribution in [-0.4, -0.2) is 112 Å². The van der Waals surface area contributed by atoms with Gasteiger partial charge >= 0.3 is 5.97 Å². The summed E-state index contributed by atoms with van der Waals surface area (Å²) in [6, 6.07) is 11.7. The molecule has 1 N–H and O–H groups in total. The molecule has 2 saturated heterocycles. The maximum absolute atomic E-state index is 13.6. The predicted octanol–water partition coefficient (Wildman–Crippen LogP) is 4.87. The van der Waals surface area contributed by atoms with Gasteiger partial charge in [-0.2, -0.15) is 0 Å². The average molecular weight is 734 g/mol. The summed E-state index contributed by atoms with van der Waals surface area (Å²) >= 11 is 6.50. The first kappa shape index (κ1) is 35.9. The van der Waals surface area contributed by atoms with E-state index in [0.29, 0.717) is 55.9 Å². The molecule has 2 aromatic rings. The molecule has 6 aliphatic rings. The van der Waals surface area contributed by atoms with Crippen molar-refractivity contribution in [3.05, 3.63) is 70.3 Å². The van der Waals surface area contributed by atoms with Crippen LogP contribution in [0.2, 0.25) is 5.02 Å². The van der Waals surface area contributed by atoms with Gasteiger partial charge in [-0.05, 0) is 97.7 Å². The number of hydrogen-bond acceptors (Lipinski definition) is 9. The van der Waals surface area contributed by atoms with E-state index in [-0.39, 0.29) is 23.0 Å². The number of fused-ring (bicyclic) bond motifs is 4. The van der Waals surface area contributed by atoms with Crippen molar-refractivity contribution in [1.29, 1.82) is 0 Å². The number of aliphatic hydroxyl groups is 1. The molecule has 2 spiro atoms. The third-order valence-electron chi connectivity index (χ3n) is 13.1. The summed E-state index contributed by atoms with van der Waals surface area (Å²) in [6.07, 6.45) is 10.8. The lowest BCUT2D eigenvalue weighted by Crippen LogP contribution is -2.71. The molecule has 280 valence electrons. The van der Waals surface area contributed by atoms with E-state index >= 15 is 0 Å². The molecule has 5 atom stereocenters. The smallest absolute Gasteiger partial charge is 0.343 e. The van der Waals surface area contributed by atoms with Crippen LogP contribution < -0.4 is 9.64 Å². The largest absolute Gasteiger partial charge is 0.490 e. The van der Waals surface area contributed by atoms with Crippen molar-refractivity contribution in [2.24, 2.45) is 11.8 Å². The Morgan fingerprint density at radius 2 is 1.96 bits per heavy atom. The van der Waals surface area contributed by atoms with E-state index in [2.05, 4.69) is 34.1 Å². The number of halogens is 1. The molecule has 4 aliphatic heterocycles. The van der Waals surface area contributed by atoms with E-state index in [1.54, 1.807) is 18.0 Å². The van der Waals surface area contributed by atoms with Crippen LogP contribution >= 0.6 is 11.6 Å². The number of rotatable bonds is 5. The molecule has 2 bridgehead atoms. The van der Waals surface area contributed by atoms with Crippen molar-refractivity contribution in [3.63, 3.8) is 0 Å². The minimum Gasteiger partial charge on any atom is -0.490 e. The van der Waals surface area contributed by atoms with Crippen LogP contribution in [0.25, 0.3) is 0 Å². The first-order chi connectivity index (χ1) is 25.1. The number of carbonyl (C=O) groups excluding carboxylic acids is 2.